The minimum absolute atomic E-state index is 0.292. The van der Waals surface area contributed by atoms with Crippen LogP contribution in [0.2, 0.25) is 0 Å². The zero-order chi connectivity index (χ0) is 15.5. The van der Waals surface area contributed by atoms with Gasteiger partial charge in [0.05, 0.1) is 11.6 Å². The van der Waals surface area contributed by atoms with Crippen LogP contribution in [0.4, 0.5) is 13.2 Å². The van der Waals surface area contributed by atoms with Crippen LogP contribution in [0.5, 0.6) is 0 Å². The third-order valence-electron chi connectivity index (χ3n) is 3.37. The Hall–Kier alpha value is -1.86. The molecule has 0 radical (unpaired) electrons. The van der Waals surface area contributed by atoms with Gasteiger partial charge in [0.2, 0.25) is 0 Å². The highest BCUT2D eigenvalue weighted by molar-refractivity contribution is 5.27. The van der Waals surface area contributed by atoms with E-state index in [0.29, 0.717) is 12.0 Å². The topological polar surface area (TPSA) is 55.9 Å². The second-order valence-corrected chi connectivity index (χ2v) is 4.67. The molecule has 7 heteroatoms. The lowest BCUT2D eigenvalue weighted by Crippen LogP contribution is -2.30. The summed E-state index contributed by atoms with van der Waals surface area (Å²) in [6.45, 7) is 2.77. The third-order valence-corrected chi connectivity index (χ3v) is 3.37. The van der Waals surface area contributed by atoms with Crippen LogP contribution in [0.25, 0.3) is 0 Å². The summed E-state index contributed by atoms with van der Waals surface area (Å²) in [5.74, 6) is 6.36. The minimum Gasteiger partial charge on any atom is -0.335 e. The molecule has 0 aliphatic heterocycles. The SMILES string of the molecule is CCn1ccnc1CC(NN)c1ccc(C(F)(F)F)cc1. The fraction of sp³-hybridized carbons (Fsp3) is 0.357. The summed E-state index contributed by atoms with van der Waals surface area (Å²) in [5.41, 5.74) is 2.65. The maximum absolute atomic E-state index is 12.6. The smallest absolute Gasteiger partial charge is 0.335 e. The molecule has 0 saturated carbocycles. The van der Waals surface area contributed by atoms with Gasteiger partial charge in [-0.05, 0) is 24.6 Å². The molecule has 0 bridgehead atoms. The van der Waals surface area contributed by atoms with Gasteiger partial charge in [0.15, 0.2) is 0 Å². The van der Waals surface area contributed by atoms with Crippen LogP contribution in [-0.4, -0.2) is 9.55 Å². The number of aromatic nitrogens is 2. The van der Waals surface area contributed by atoms with E-state index in [1.54, 1.807) is 6.20 Å². The Labute approximate surface area is 120 Å². The van der Waals surface area contributed by atoms with Crippen molar-refractivity contribution in [2.75, 3.05) is 0 Å². The largest absolute Gasteiger partial charge is 0.416 e. The molecule has 1 unspecified atom stereocenters. The number of nitrogens with two attached hydrogens (primary N) is 1. The van der Waals surface area contributed by atoms with Crippen LogP contribution in [0.1, 0.15) is 29.9 Å². The monoisotopic (exact) mass is 298 g/mol. The van der Waals surface area contributed by atoms with Gasteiger partial charge in [0.1, 0.15) is 5.82 Å². The van der Waals surface area contributed by atoms with E-state index in [9.17, 15) is 13.2 Å². The van der Waals surface area contributed by atoms with E-state index in [-0.39, 0.29) is 6.04 Å². The van der Waals surface area contributed by atoms with Crippen LogP contribution in [0.15, 0.2) is 36.7 Å². The van der Waals surface area contributed by atoms with Gasteiger partial charge in [-0.1, -0.05) is 12.1 Å². The molecule has 0 spiro atoms. The van der Waals surface area contributed by atoms with Gasteiger partial charge in [0, 0.05) is 25.4 Å². The summed E-state index contributed by atoms with van der Waals surface area (Å²) in [6.07, 6.45) is -0.278. The average molecular weight is 298 g/mol. The number of benzene rings is 1. The number of nitrogens with zero attached hydrogens (tertiary/aromatic N) is 2. The van der Waals surface area contributed by atoms with E-state index >= 15 is 0 Å². The molecule has 0 fully saturated rings. The molecule has 1 aromatic carbocycles. The molecule has 2 rings (SSSR count). The van der Waals surface area contributed by atoms with Gasteiger partial charge < -0.3 is 4.57 Å². The quantitative estimate of drug-likeness (QED) is 0.659. The Morgan fingerprint density at radius 3 is 2.48 bits per heavy atom. The Bertz CT molecular complexity index is 575. The summed E-state index contributed by atoms with van der Waals surface area (Å²) in [7, 11) is 0. The van der Waals surface area contributed by atoms with Crippen molar-refractivity contribution in [1.29, 1.82) is 0 Å². The average Bonchev–Trinajstić information content (AvgIpc) is 2.91. The van der Waals surface area contributed by atoms with Crippen molar-refractivity contribution in [2.24, 2.45) is 5.84 Å². The molecule has 0 aliphatic carbocycles. The van der Waals surface area contributed by atoms with E-state index in [4.69, 9.17) is 5.84 Å². The number of alkyl halides is 3. The number of rotatable bonds is 5. The van der Waals surface area contributed by atoms with Crippen LogP contribution < -0.4 is 11.3 Å². The van der Waals surface area contributed by atoms with Crippen LogP contribution in [-0.2, 0) is 19.1 Å². The first-order valence-electron chi connectivity index (χ1n) is 6.59. The Kier molecular flexibility index (Phi) is 4.64. The summed E-state index contributed by atoms with van der Waals surface area (Å²) in [5, 5.41) is 0. The molecule has 2 aromatic rings. The number of halogens is 3. The maximum atomic E-state index is 12.6. The lowest BCUT2D eigenvalue weighted by molar-refractivity contribution is -0.137. The standard InChI is InChI=1S/C14H17F3N4/c1-2-21-8-7-19-13(21)9-12(20-18)10-3-5-11(6-4-10)14(15,16)17/h3-8,12,20H,2,9,18H2,1H3. The second-order valence-electron chi connectivity index (χ2n) is 4.67. The molecule has 1 atom stereocenters. The van der Waals surface area contributed by atoms with Gasteiger partial charge in [-0.3, -0.25) is 11.3 Å². The highest BCUT2D eigenvalue weighted by Crippen LogP contribution is 2.30. The van der Waals surface area contributed by atoms with E-state index in [0.717, 1.165) is 24.5 Å². The lowest BCUT2D eigenvalue weighted by atomic mass is 10.0. The molecular weight excluding hydrogens is 281 g/mol. The van der Waals surface area contributed by atoms with Gasteiger partial charge in [-0.15, -0.1) is 0 Å². The molecule has 0 saturated heterocycles. The second kappa shape index (κ2) is 6.28. The van der Waals surface area contributed by atoms with Gasteiger partial charge in [-0.25, -0.2) is 4.98 Å². The van der Waals surface area contributed by atoms with Crippen molar-refractivity contribution in [1.82, 2.24) is 15.0 Å². The van der Waals surface area contributed by atoms with Gasteiger partial charge >= 0.3 is 6.18 Å². The van der Waals surface area contributed by atoms with Gasteiger partial charge in [-0.2, -0.15) is 13.2 Å². The summed E-state index contributed by atoms with van der Waals surface area (Å²) < 4.78 is 39.6. The highest BCUT2D eigenvalue weighted by atomic mass is 19.4. The number of hydrogen-bond donors (Lipinski definition) is 2. The maximum Gasteiger partial charge on any atom is 0.416 e. The van der Waals surface area contributed by atoms with E-state index < -0.39 is 11.7 Å². The fourth-order valence-electron chi connectivity index (χ4n) is 2.18. The molecular formula is C14H17F3N4. The van der Waals surface area contributed by atoms with E-state index in [2.05, 4.69) is 10.4 Å². The summed E-state index contributed by atoms with van der Waals surface area (Å²) in [4.78, 5) is 4.24. The molecule has 3 N–H and O–H groups in total. The zero-order valence-corrected chi connectivity index (χ0v) is 11.6. The molecule has 0 aliphatic rings. The van der Waals surface area contributed by atoms with Crippen molar-refractivity contribution in [3.63, 3.8) is 0 Å². The van der Waals surface area contributed by atoms with Crippen molar-refractivity contribution >= 4 is 0 Å². The fourth-order valence-corrected chi connectivity index (χ4v) is 2.18. The Morgan fingerprint density at radius 1 is 1.29 bits per heavy atom. The van der Waals surface area contributed by atoms with Crippen molar-refractivity contribution in [3.05, 3.63) is 53.6 Å². The van der Waals surface area contributed by atoms with E-state index in [1.165, 1.54) is 12.1 Å². The lowest BCUT2D eigenvalue weighted by Gasteiger charge is -2.17. The van der Waals surface area contributed by atoms with E-state index in [1.807, 2.05) is 17.7 Å². The van der Waals surface area contributed by atoms with Crippen LogP contribution >= 0.6 is 0 Å². The molecule has 1 aromatic heterocycles. The predicted molar refractivity (Wildman–Crippen MR) is 73.1 cm³/mol. The van der Waals surface area contributed by atoms with Crippen LogP contribution in [0, 0.1) is 0 Å². The zero-order valence-electron chi connectivity index (χ0n) is 11.6. The first-order valence-corrected chi connectivity index (χ1v) is 6.59. The van der Waals surface area contributed by atoms with Crippen LogP contribution in [0.3, 0.4) is 0 Å². The van der Waals surface area contributed by atoms with Crippen molar-refractivity contribution in [3.8, 4) is 0 Å². The summed E-state index contributed by atoms with van der Waals surface area (Å²) in [6, 6.07) is 4.71. The van der Waals surface area contributed by atoms with Crippen molar-refractivity contribution in [2.45, 2.75) is 32.1 Å². The number of nitrogens with one attached hydrogen (secondary N) is 1. The first kappa shape index (κ1) is 15.5. The third kappa shape index (κ3) is 3.62. The molecule has 4 nitrogen and oxygen atoms in total. The molecule has 114 valence electrons. The number of imidazole rings is 1. The summed E-state index contributed by atoms with van der Waals surface area (Å²) >= 11 is 0. The Balaban J connectivity index is 2.18. The number of aryl methyl sites for hydroxylation is 1. The first-order chi connectivity index (χ1) is 9.95. The minimum atomic E-state index is -4.33. The highest BCUT2D eigenvalue weighted by Gasteiger charge is 2.30. The normalized spacial score (nSPS) is 13.4. The molecule has 0 amide bonds. The van der Waals surface area contributed by atoms with Crippen molar-refractivity contribution < 1.29 is 13.2 Å². The predicted octanol–water partition coefficient (Wildman–Crippen LogP) is 2.67. The number of hydrogen-bond acceptors (Lipinski definition) is 3. The Morgan fingerprint density at radius 2 is 1.95 bits per heavy atom. The number of hydrazine groups is 1. The van der Waals surface area contributed by atoms with Gasteiger partial charge in [0.25, 0.3) is 0 Å². The molecule has 21 heavy (non-hydrogen) atoms. The molecule has 1 heterocycles.